The first-order chi connectivity index (χ1) is 9.61. The van der Waals surface area contributed by atoms with Crippen molar-refractivity contribution in [1.29, 1.82) is 0 Å². The zero-order valence-electron chi connectivity index (χ0n) is 13.1. The second kappa shape index (κ2) is 10.1. The quantitative estimate of drug-likeness (QED) is 0.821. The van der Waals surface area contributed by atoms with Crippen LogP contribution in [0.25, 0.3) is 0 Å². The van der Waals surface area contributed by atoms with Crippen LogP contribution in [0.15, 0.2) is 30.4 Å². The lowest BCUT2D eigenvalue weighted by Crippen LogP contribution is -2.45. The zero-order chi connectivity index (χ0) is 14.5. The molecule has 3 nitrogen and oxygen atoms in total. The van der Waals surface area contributed by atoms with Crippen molar-refractivity contribution in [3.8, 4) is 5.75 Å². The largest absolute Gasteiger partial charge is 0.494 e. The van der Waals surface area contributed by atoms with E-state index in [1.807, 2.05) is 19.1 Å². The fourth-order valence-electron chi connectivity index (χ4n) is 2.67. The van der Waals surface area contributed by atoms with Gasteiger partial charge in [0.15, 0.2) is 11.6 Å². The van der Waals surface area contributed by atoms with Crippen molar-refractivity contribution in [3.63, 3.8) is 0 Å². The van der Waals surface area contributed by atoms with Gasteiger partial charge < -0.3 is 10.1 Å². The molecule has 0 saturated carbocycles. The van der Waals surface area contributed by atoms with Crippen LogP contribution in [0.2, 0.25) is 0 Å². The van der Waals surface area contributed by atoms with Crippen molar-refractivity contribution in [3.05, 3.63) is 41.7 Å². The Bertz CT molecular complexity index is 479. The molecule has 1 N–H and O–H groups in total. The Morgan fingerprint density at radius 1 is 1.36 bits per heavy atom. The van der Waals surface area contributed by atoms with Crippen LogP contribution < -0.4 is 10.1 Å². The standard InChI is InChI=1S/C16H23FN2O.2ClH/c1-12(2)10-15(19-8-6-18-7-9-19)13-4-5-14(17)16(11-13)20-3;;/h4-5,11,15,18H,1,6-10H2,2-3H3;2*1H/t15-;;/m1../s1. The Hall–Kier alpha value is -0.810. The van der Waals surface area contributed by atoms with E-state index in [9.17, 15) is 4.39 Å². The Balaban J connectivity index is 0.00000220. The second-order valence-electron chi connectivity index (χ2n) is 5.36. The summed E-state index contributed by atoms with van der Waals surface area (Å²) in [6.07, 6.45) is 0.884. The van der Waals surface area contributed by atoms with E-state index < -0.39 is 0 Å². The van der Waals surface area contributed by atoms with Gasteiger partial charge in [-0.1, -0.05) is 11.6 Å². The van der Waals surface area contributed by atoms with E-state index in [0.717, 1.165) is 43.7 Å². The summed E-state index contributed by atoms with van der Waals surface area (Å²) in [7, 11) is 1.50. The van der Waals surface area contributed by atoms with E-state index >= 15 is 0 Å². The highest BCUT2D eigenvalue weighted by molar-refractivity contribution is 5.85. The van der Waals surface area contributed by atoms with E-state index in [4.69, 9.17) is 4.74 Å². The summed E-state index contributed by atoms with van der Waals surface area (Å²) in [4.78, 5) is 2.43. The number of benzene rings is 1. The predicted molar refractivity (Wildman–Crippen MR) is 94.1 cm³/mol. The van der Waals surface area contributed by atoms with Gasteiger partial charge in [0, 0.05) is 32.2 Å². The summed E-state index contributed by atoms with van der Waals surface area (Å²) >= 11 is 0. The van der Waals surface area contributed by atoms with E-state index in [1.54, 1.807) is 0 Å². The van der Waals surface area contributed by atoms with Crippen LogP contribution in [-0.4, -0.2) is 38.2 Å². The topological polar surface area (TPSA) is 24.5 Å². The number of ether oxygens (including phenoxy) is 1. The first-order valence-corrected chi connectivity index (χ1v) is 7.04. The van der Waals surface area contributed by atoms with Gasteiger partial charge in [0.05, 0.1) is 7.11 Å². The second-order valence-corrected chi connectivity index (χ2v) is 5.36. The summed E-state index contributed by atoms with van der Waals surface area (Å²) in [5.41, 5.74) is 2.23. The molecule has 126 valence electrons. The van der Waals surface area contributed by atoms with E-state index in [0.29, 0.717) is 5.75 Å². The van der Waals surface area contributed by atoms with Gasteiger partial charge in [0.1, 0.15) is 0 Å². The van der Waals surface area contributed by atoms with Crippen LogP contribution >= 0.6 is 24.8 Å². The molecule has 0 spiro atoms. The van der Waals surface area contributed by atoms with Gasteiger partial charge in [-0.25, -0.2) is 4.39 Å². The van der Waals surface area contributed by atoms with Gasteiger partial charge in [-0.05, 0) is 31.0 Å². The third kappa shape index (κ3) is 5.43. The lowest BCUT2D eigenvalue weighted by molar-refractivity contribution is 0.172. The number of hydrogen-bond acceptors (Lipinski definition) is 3. The van der Waals surface area contributed by atoms with E-state index in [-0.39, 0.29) is 36.7 Å². The molecule has 0 bridgehead atoms. The number of nitrogens with one attached hydrogen (secondary N) is 1. The molecule has 0 radical (unpaired) electrons. The maximum absolute atomic E-state index is 13.6. The molecule has 6 heteroatoms. The number of rotatable bonds is 5. The minimum absolute atomic E-state index is 0. The fraction of sp³-hybridized carbons (Fsp3) is 0.500. The summed E-state index contributed by atoms with van der Waals surface area (Å²) in [5.74, 6) is -0.00464. The van der Waals surface area contributed by atoms with Crippen molar-refractivity contribution >= 4 is 24.8 Å². The molecule has 22 heavy (non-hydrogen) atoms. The first kappa shape index (κ1) is 21.2. The lowest BCUT2D eigenvalue weighted by Gasteiger charge is -2.35. The minimum atomic E-state index is -0.314. The minimum Gasteiger partial charge on any atom is -0.494 e. The number of halogens is 3. The Morgan fingerprint density at radius 3 is 2.55 bits per heavy atom. The molecule has 1 aliphatic rings. The molecule has 1 aromatic carbocycles. The molecule has 1 fully saturated rings. The molecule has 1 heterocycles. The smallest absolute Gasteiger partial charge is 0.165 e. The summed E-state index contributed by atoms with van der Waals surface area (Å²) < 4.78 is 18.7. The maximum Gasteiger partial charge on any atom is 0.165 e. The van der Waals surface area contributed by atoms with E-state index in [1.165, 1.54) is 13.2 Å². The third-order valence-corrected chi connectivity index (χ3v) is 3.69. The number of piperazine rings is 1. The van der Waals surface area contributed by atoms with Gasteiger partial charge in [0.25, 0.3) is 0 Å². The monoisotopic (exact) mass is 350 g/mol. The molecule has 0 unspecified atom stereocenters. The molecule has 0 amide bonds. The van der Waals surface area contributed by atoms with Crippen LogP contribution in [0.4, 0.5) is 4.39 Å². The summed E-state index contributed by atoms with van der Waals surface area (Å²) in [6, 6.07) is 5.39. The highest BCUT2D eigenvalue weighted by Gasteiger charge is 2.23. The van der Waals surface area contributed by atoms with E-state index in [2.05, 4.69) is 16.8 Å². The molecule has 0 aliphatic carbocycles. The summed E-state index contributed by atoms with van der Waals surface area (Å²) in [6.45, 7) is 10.0. The van der Waals surface area contributed by atoms with Gasteiger partial charge in [-0.3, -0.25) is 4.90 Å². The maximum atomic E-state index is 13.6. The van der Waals surface area contributed by atoms with Crippen LogP contribution in [-0.2, 0) is 0 Å². The Morgan fingerprint density at radius 2 is 2.00 bits per heavy atom. The molecule has 2 rings (SSSR count). The summed E-state index contributed by atoms with van der Waals surface area (Å²) in [5, 5.41) is 3.36. The fourth-order valence-corrected chi connectivity index (χ4v) is 2.67. The van der Waals surface area contributed by atoms with Crippen LogP contribution in [0.1, 0.15) is 24.9 Å². The molecule has 1 atom stereocenters. The lowest BCUT2D eigenvalue weighted by atomic mass is 9.97. The number of methoxy groups -OCH3 is 1. The van der Waals surface area contributed by atoms with Crippen molar-refractivity contribution < 1.29 is 9.13 Å². The van der Waals surface area contributed by atoms with Crippen LogP contribution in [0, 0.1) is 5.82 Å². The SMILES string of the molecule is C=C(C)C[C@H](c1ccc(F)c(OC)c1)N1CCNCC1.Cl.Cl. The van der Waals surface area contributed by atoms with Crippen molar-refractivity contribution in [2.24, 2.45) is 0 Å². The molecular formula is C16H25Cl2FN2O. The van der Waals surface area contributed by atoms with Crippen molar-refractivity contribution in [1.82, 2.24) is 10.2 Å². The first-order valence-electron chi connectivity index (χ1n) is 7.04. The highest BCUT2D eigenvalue weighted by Crippen LogP contribution is 2.30. The van der Waals surface area contributed by atoms with Gasteiger partial charge >= 0.3 is 0 Å². The molecule has 0 aromatic heterocycles. The Kier molecular flexibility index (Phi) is 9.69. The molecule has 1 aromatic rings. The van der Waals surface area contributed by atoms with Crippen molar-refractivity contribution in [2.75, 3.05) is 33.3 Å². The van der Waals surface area contributed by atoms with Crippen molar-refractivity contribution in [2.45, 2.75) is 19.4 Å². The van der Waals surface area contributed by atoms with Crippen LogP contribution in [0.5, 0.6) is 5.75 Å². The average molecular weight is 351 g/mol. The third-order valence-electron chi connectivity index (χ3n) is 3.69. The number of hydrogen-bond donors (Lipinski definition) is 1. The predicted octanol–water partition coefficient (Wildman–Crippen LogP) is 3.59. The van der Waals surface area contributed by atoms with Gasteiger partial charge in [-0.15, -0.1) is 31.4 Å². The van der Waals surface area contributed by atoms with Crippen LogP contribution in [0.3, 0.4) is 0 Å². The average Bonchev–Trinajstić information content (AvgIpc) is 2.46. The van der Waals surface area contributed by atoms with Gasteiger partial charge in [0.2, 0.25) is 0 Å². The molecule has 1 aliphatic heterocycles. The normalized spacial score (nSPS) is 16.1. The number of nitrogens with zero attached hydrogens (tertiary/aromatic N) is 1. The zero-order valence-corrected chi connectivity index (χ0v) is 14.7. The van der Waals surface area contributed by atoms with Gasteiger partial charge in [-0.2, -0.15) is 0 Å². The molecule has 1 saturated heterocycles. The Labute approximate surface area is 144 Å². The molecular weight excluding hydrogens is 326 g/mol. The highest BCUT2D eigenvalue weighted by atomic mass is 35.5.